The minimum atomic E-state index is -0.129. The zero-order valence-corrected chi connectivity index (χ0v) is 14.4. The number of hydrogen-bond donors (Lipinski definition) is 1. The van der Waals surface area contributed by atoms with Gasteiger partial charge < -0.3 is 10.2 Å². The molecule has 24 heavy (non-hydrogen) atoms. The van der Waals surface area contributed by atoms with Crippen molar-refractivity contribution in [2.45, 2.75) is 18.6 Å². The molecule has 124 valence electrons. The van der Waals surface area contributed by atoms with Crippen molar-refractivity contribution < 1.29 is 9.59 Å². The highest BCUT2D eigenvalue weighted by atomic mass is 32.2. The summed E-state index contributed by atoms with van der Waals surface area (Å²) in [5.74, 6) is 0.978. The van der Waals surface area contributed by atoms with Gasteiger partial charge in [-0.1, -0.05) is 12.1 Å². The smallest absolute Gasteiger partial charge is 0.255 e. The van der Waals surface area contributed by atoms with Crippen LogP contribution in [0.2, 0.25) is 0 Å². The van der Waals surface area contributed by atoms with Crippen LogP contribution in [0.25, 0.3) is 0 Å². The van der Waals surface area contributed by atoms with E-state index in [1.54, 1.807) is 16.7 Å². The van der Waals surface area contributed by atoms with Crippen LogP contribution >= 0.6 is 11.8 Å². The van der Waals surface area contributed by atoms with Crippen molar-refractivity contribution in [2.24, 2.45) is 0 Å². The molecule has 0 atom stereocenters. The lowest BCUT2D eigenvalue weighted by molar-refractivity contribution is -0.117. The van der Waals surface area contributed by atoms with Crippen LogP contribution in [0.15, 0.2) is 48.5 Å². The molecule has 0 saturated carbocycles. The highest BCUT2D eigenvalue weighted by Crippen LogP contribution is 2.23. The average molecular weight is 340 g/mol. The largest absolute Gasteiger partial charge is 0.322 e. The summed E-state index contributed by atoms with van der Waals surface area (Å²) in [6.07, 6.45) is 3.58. The molecule has 0 spiro atoms. The molecule has 3 rings (SSSR count). The summed E-state index contributed by atoms with van der Waals surface area (Å²) < 4.78 is 0. The number of thioether (sulfide) groups is 1. The molecular weight excluding hydrogens is 320 g/mol. The van der Waals surface area contributed by atoms with Gasteiger partial charge in [0.25, 0.3) is 5.91 Å². The lowest BCUT2D eigenvalue weighted by Gasteiger charge is -2.16. The first-order valence-corrected chi connectivity index (χ1v) is 9.36. The maximum atomic E-state index is 12.3. The number of carbonyl (C=O) groups is 2. The van der Waals surface area contributed by atoms with Crippen LogP contribution in [-0.4, -0.2) is 24.6 Å². The molecule has 0 bridgehead atoms. The number of hydrogen-bond acceptors (Lipinski definition) is 3. The Balaban J connectivity index is 1.64. The summed E-state index contributed by atoms with van der Waals surface area (Å²) in [4.78, 5) is 25.8. The summed E-state index contributed by atoms with van der Waals surface area (Å²) in [6.45, 7) is 0.771. The van der Waals surface area contributed by atoms with Gasteiger partial charge >= 0.3 is 0 Å². The molecule has 4 nitrogen and oxygen atoms in total. The standard InChI is InChI=1S/C19H20N2O2S/c1-24-13-14-4-6-15(7-5-14)19(23)20-16-8-10-17(11-9-16)21-12-2-3-18(21)22/h4-11H,2-3,12-13H2,1H3,(H,20,23). The average Bonchev–Trinajstić information content (AvgIpc) is 3.02. The number of anilines is 2. The zero-order valence-electron chi connectivity index (χ0n) is 13.6. The molecule has 1 saturated heterocycles. The van der Waals surface area contributed by atoms with Crippen molar-refractivity contribution in [3.63, 3.8) is 0 Å². The van der Waals surface area contributed by atoms with Crippen LogP contribution in [0.4, 0.5) is 11.4 Å². The molecule has 0 unspecified atom stereocenters. The molecule has 0 aliphatic carbocycles. The van der Waals surface area contributed by atoms with E-state index in [9.17, 15) is 9.59 Å². The van der Waals surface area contributed by atoms with Crippen LogP contribution in [0.3, 0.4) is 0 Å². The maximum absolute atomic E-state index is 12.3. The first kappa shape index (κ1) is 16.6. The fourth-order valence-electron chi connectivity index (χ4n) is 2.77. The Morgan fingerprint density at radius 3 is 2.42 bits per heavy atom. The lowest BCUT2D eigenvalue weighted by atomic mass is 10.1. The van der Waals surface area contributed by atoms with Crippen LogP contribution in [-0.2, 0) is 10.5 Å². The van der Waals surface area contributed by atoms with Crippen molar-refractivity contribution in [1.29, 1.82) is 0 Å². The van der Waals surface area contributed by atoms with Gasteiger partial charge in [-0.3, -0.25) is 9.59 Å². The Morgan fingerprint density at radius 2 is 1.83 bits per heavy atom. The molecule has 1 aliphatic rings. The molecule has 2 aromatic rings. The SMILES string of the molecule is CSCc1ccc(C(=O)Nc2ccc(N3CCCC3=O)cc2)cc1. The second kappa shape index (κ2) is 7.53. The van der Waals surface area contributed by atoms with E-state index < -0.39 is 0 Å². The molecule has 0 radical (unpaired) electrons. The van der Waals surface area contributed by atoms with E-state index >= 15 is 0 Å². The molecule has 2 amide bonds. The normalized spacial score (nSPS) is 14.0. The fourth-order valence-corrected chi connectivity index (χ4v) is 3.29. The number of amides is 2. The molecule has 5 heteroatoms. The fraction of sp³-hybridized carbons (Fsp3) is 0.263. The third-order valence-corrected chi connectivity index (χ3v) is 4.66. The van der Waals surface area contributed by atoms with Crippen LogP contribution in [0.1, 0.15) is 28.8 Å². The zero-order chi connectivity index (χ0) is 16.9. The molecular formula is C19H20N2O2S. The van der Waals surface area contributed by atoms with E-state index in [2.05, 4.69) is 11.6 Å². The molecule has 0 aromatic heterocycles. The van der Waals surface area contributed by atoms with Gasteiger partial charge in [0.2, 0.25) is 5.91 Å². The quantitative estimate of drug-likeness (QED) is 0.897. The van der Waals surface area contributed by atoms with Crippen molar-refractivity contribution in [3.05, 3.63) is 59.7 Å². The van der Waals surface area contributed by atoms with E-state index in [0.29, 0.717) is 12.0 Å². The number of nitrogens with zero attached hydrogens (tertiary/aromatic N) is 1. The predicted molar refractivity (Wildman–Crippen MR) is 99.6 cm³/mol. The highest BCUT2D eigenvalue weighted by molar-refractivity contribution is 7.97. The lowest BCUT2D eigenvalue weighted by Crippen LogP contribution is -2.23. The van der Waals surface area contributed by atoms with Crippen molar-refractivity contribution in [1.82, 2.24) is 0 Å². The Labute approximate surface area is 146 Å². The summed E-state index contributed by atoms with van der Waals surface area (Å²) in [7, 11) is 0. The first-order valence-electron chi connectivity index (χ1n) is 7.97. The van der Waals surface area contributed by atoms with Crippen LogP contribution in [0, 0.1) is 0 Å². The van der Waals surface area contributed by atoms with E-state index in [1.165, 1.54) is 5.56 Å². The Morgan fingerprint density at radius 1 is 1.12 bits per heavy atom. The number of benzene rings is 2. The molecule has 1 aliphatic heterocycles. The highest BCUT2D eigenvalue weighted by Gasteiger charge is 2.21. The summed E-state index contributed by atoms with van der Waals surface area (Å²) >= 11 is 1.75. The minimum absolute atomic E-state index is 0.129. The number of nitrogens with one attached hydrogen (secondary N) is 1. The van der Waals surface area contributed by atoms with Gasteiger partial charge in [-0.05, 0) is 54.6 Å². The van der Waals surface area contributed by atoms with Crippen LogP contribution in [0.5, 0.6) is 0 Å². The third kappa shape index (κ3) is 3.79. The summed E-state index contributed by atoms with van der Waals surface area (Å²) in [5, 5.41) is 2.89. The monoisotopic (exact) mass is 340 g/mol. The van der Waals surface area contributed by atoms with Crippen LogP contribution < -0.4 is 10.2 Å². The van der Waals surface area contributed by atoms with Gasteiger partial charge in [0.05, 0.1) is 0 Å². The Bertz CT molecular complexity index is 726. The third-order valence-electron chi connectivity index (χ3n) is 4.04. The van der Waals surface area contributed by atoms with Gasteiger partial charge in [-0.25, -0.2) is 0 Å². The number of carbonyl (C=O) groups excluding carboxylic acids is 2. The van der Waals surface area contributed by atoms with Gasteiger partial charge in [0.1, 0.15) is 0 Å². The topological polar surface area (TPSA) is 49.4 Å². The summed E-state index contributed by atoms with van der Waals surface area (Å²) in [6, 6.07) is 15.1. The van der Waals surface area contributed by atoms with Gasteiger partial charge in [-0.15, -0.1) is 0 Å². The molecule has 1 fully saturated rings. The van der Waals surface area contributed by atoms with Gasteiger partial charge in [0, 0.05) is 35.7 Å². The van der Waals surface area contributed by atoms with E-state index in [1.807, 2.05) is 48.5 Å². The van der Waals surface area contributed by atoms with E-state index in [0.717, 1.165) is 30.1 Å². The predicted octanol–water partition coefficient (Wildman–Crippen LogP) is 3.93. The number of rotatable bonds is 5. The second-order valence-electron chi connectivity index (χ2n) is 5.78. The first-order chi connectivity index (χ1) is 11.7. The molecule has 1 heterocycles. The molecule has 1 N–H and O–H groups in total. The van der Waals surface area contributed by atoms with Gasteiger partial charge in [0.15, 0.2) is 0 Å². The van der Waals surface area contributed by atoms with E-state index in [-0.39, 0.29) is 11.8 Å². The van der Waals surface area contributed by atoms with Gasteiger partial charge in [-0.2, -0.15) is 11.8 Å². The Kier molecular flexibility index (Phi) is 5.20. The summed E-state index contributed by atoms with van der Waals surface area (Å²) in [5.41, 5.74) is 3.46. The maximum Gasteiger partial charge on any atom is 0.255 e. The minimum Gasteiger partial charge on any atom is -0.322 e. The van der Waals surface area contributed by atoms with E-state index in [4.69, 9.17) is 0 Å². The Hall–Kier alpha value is -2.27. The van der Waals surface area contributed by atoms with Crippen molar-refractivity contribution in [2.75, 3.05) is 23.0 Å². The molecule has 2 aromatic carbocycles. The van der Waals surface area contributed by atoms with Crippen molar-refractivity contribution in [3.8, 4) is 0 Å². The second-order valence-corrected chi connectivity index (χ2v) is 6.65. The van der Waals surface area contributed by atoms with Crippen molar-refractivity contribution >= 4 is 35.0 Å².